The molecule has 1 fully saturated rings. The van der Waals surface area contributed by atoms with Crippen LogP contribution in [0.25, 0.3) is 0 Å². The van der Waals surface area contributed by atoms with Gasteiger partial charge in [-0.25, -0.2) is 0 Å². The maximum Gasteiger partial charge on any atom is 0.191 e. The number of rotatable bonds is 8. The number of hydrogen-bond donors (Lipinski definition) is 2. The van der Waals surface area contributed by atoms with Crippen molar-refractivity contribution in [3.05, 3.63) is 23.2 Å². The van der Waals surface area contributed by atoms with Crippen LogP contribution in [0.1, 0.15) is 20.3 Å². The highest BCUT2D eigenvalue weighted by Crippen LogP contribution is 2.33. The van der Waals surface area contributed by atoms with Crippen molar-refractivity contribution in [1.29, 1.82) is 0 Å². The molecule has 1 aromatic carbocycles. The summed E-state index contributed by atoms with van der Waals surface area (Å²) in [5.41, 5.74) is 1.05. The zero-order valence-corrected chi connectivity index (χ0v) is 19.9. The van der Waals surface area contributed by atoms with E-state index >= 15 is 0 Å². The van der Waals surface area contributed by atoms with Gasteiger partial charge in [-0.05, 0) is 45.1 Å². The van der Waals surface area contributed by atoms with E-state index in [2.05, 4.69) is 41.3 Å². The number of methoxy groups -OCH3 is 1. The van der Waals surface area contributed by atoms with E-state index in [4.69, 9.17) is 21.3 Å². The van der Waals surface area contributed by atoms with Crippen molar-refractivity contribution in [3.63, 3.8) is 0 Å². The molecule has 2 rings (SSSR count). The summed E-state index contributed by atoms with van der Waals surface area (Å²) in [5.74, 6) is 1.75. The Kier molecular flexibility index (Phi) is 11.2. The Morgan fingerprint density at radius 3 is 2.85 bits per heavy atom. The van der Waals surface area contributed by atoms with E-state index in [0.29, 0.717) is 6.04 Å². The van der Waals surface area contributed by atoms with Gasteiger partial charge >= 0.3 is 0 Å². The third kappa shape index (κ3) is 7.54. The Hall–Kier alpha value is -0.930. The third-order valence-corrected chi connectivity index (χ3v) is 4.88. The van der Waals surface area contributed by atoms with Crippen LogP contribution < -0.4 is 20.3 Å². The summed E-state index contributed by atoms with van der Waals surface area (Å²) in [7, 11) is 3.81. The average molecular weight is 510 g/mol. The molecule has 0 aliphatic carbocycles. The Labute approximate surface area is 185 Å². The van der Waals surface area contributed by atoms with Crippen LogP contribution >= 0.6 is 35.6 Å². The number of ether oxygens (including phenoxy) is 1. The number of nitrogens with zero attached hydrogens (tertiary/aromatic N) is 3. The van der Waals surface area contributed by atoms with Gasteiger partial charge in [0.15, 0.2) is 5.96 Å². The molecule has 27 heavy (non-hydrogen) atoms. The summed E-state index contributed by atoms with van der Waals surface area (Å²) in [5, 5.41) is 7.64. The van der Waals surface area contributed by atoms with Crippen molar-refractivity contribution in [1.82, 2.24) is 15.5 Å². The Balaban J connectivity index is 0.00000364. The van der Waals surface area contributed by atoms with E-state index in [-0.39, 0.29) is 24.0 Å². The third-order valence-electron chi connectivity index (χ3n) is 4.65. The monoisotopic (exact) mass is 509 g/mol. The fourth-order valence-electron chi connectivity index (χ4n) is 3.01. The van der Waals surface area contributed by atoms with Gasteiger partial charge in [0.25, 0.3) is 0 Å². The first-order valence-corrected chi connectivity index (χ1v) is 9.77. The maximum atomic E-state index is 6.18. The number of hydrogen-bond acceptors (Lipinski definition) is 4. The lowest BCUT2D eigenvalue weighted by Gasteiger charge is -2.22. The molecular weight excluding hydrogens is 477 g/mol. The summed E-state index contributed by atoms with van der Waals surface area (Å²) in [6.07, 6.45) is 1.05. The van der Waals surface area contributed by atoms with Crippen LogP contribution in [0.15, 0.2) is 23.2 Å². The molecule has 1 aromatic rings. The molecule has 0 radical (unpaired) electrons. The van der Waals surface area contributed by atoms with Gasteiger partial charge < -0.3 is 25.2 Å². The predicted octanol–water partition coefficient (Wildman–Crippen LogP) is 3.05. The van der Waals surface area contributed by atoms with Gasteiger partial charge in [0, 0.05) is 37.2 Å². The van der Waals surface area contributed by atoms with Gasteiger partial charge in [-0.2, -0.15) is 0 Å². The fourth-order valence-corrected chi connectivity index (χ4v) is 3.18. The van der Waals surface area contributed by atoms with Crippen molar-refractivity contribution in [2.75, 3.05) is 58.3 Å². The van der Waals surface area contributed by atoms with E-state index in [1.54, 1.807) is 7.11 Å². The molecule has 2 N–H and O–H groups in total. The van der Waals surface area contributed by atoms with E-state index < -0.39 is 0 Å². The van der Waals surface area contributed by atoms with E-state index in [9.17, 15) is 0 Å². The first kappa shape index (κ1) is 24.1. The van der Waals surface area contributed by atoms with Crippen LogP contribution in [-0.4, -0.2) is 70.3 Å². The number of aliphatic imine (C=N–C) groups is 1. The summed E-state index contributed by atoms with van der Waals surface area (Å²) < 4.78 is 5.49. The lowest BCUT2D eigenvalue weighted by Crippen LogP contribution is -2.45. The van der Waals surface area contributed by atoms with Crippen molar-refractivity contribution in [3.8, 4) is 5.75 Å². The summed E-state index contributed by atoms with van der Waals surface area (Å²) in [6, 6.07) is 6.11. The molecule has 1 heterocycles. The first-order chi connectivity index (χ1) is 12.6. The molecule has 1 aliphatic heterocycles. The average Bonchev–Trinajstić information content (AvgIpc) is 3.10. The van der Waals surface area contributed by atoms with Crippen LogP contribution in [0, 0.1) is 0 Å². The quantitative estimate of drug-likeness (QED) is 0.321. The largest absolute Gasteiger partial charge is 0.495 e. The normalized spacial score (nSPS) is 17.0. The molecule has 1 aliphatic rings. The van der Waals surface area contributed by atoms with E-state index in [1.807, 2.05) is 18.2 Å². The molecule has 0 saturated carbocycles. The van der Waals surface area contributed by atoms with E-state index in [0.717, 1.165) is 68.1 Å². The second kappa shape index (κ2) is 12.5. The minimum atomic E-state index is 0. The minimum absolute atomic E-state index is 0. The van der Waals surface area contributed by atoms with Crippen molar-refractivity contribution in [2.45, 2.75) is 26.3 Å². The minimum Gasteiger partial charge on any atom is -0.495 e. The van der Waals surface area contributed by atoms with Crippen LogP contribution in [0.5, 0.6) is 5.75 Å². The standard InChI is InChI=1S/C19H32ClN5O.HI/c1-5-21-19(22-10-12-24(3)6-2)23-16-9-11-25(14-16)17-13-15(20)7-8-18(17)26-4;/h7-8,13,16H,5-6,9-12,14H2,1-4H3,(H2,21,22,23);1H. The number of benzene rings is 1. The van der Waals surface area contributed by atoms with Gasteiger partial charge in [-0.1, -0.05) is 18.5 Å². The molecule has 1 unspecified atom stereocenters. The van der Waals surface area contributed by atoms with Gasteiger partial charge in [-0.3, -0.25) is 4.99 Å². The summed E-state index contributed by atoms with van der Waals surface area (Å²) >= 11 is 6.18. The highest BCUT2D eigenvalue weighted by atomic mass is 127. The van der Waals surface area contributed by atoms with Crippen molar-refractivity contribution >= 4 is 47.2 Å². The smallest absolute Gasteiger partial charge is 0.191 e. The van der Waals surface area contributed by atoms with Gasteiger partial charge in [0.1, 0.15) is 5.75 Å². The SMILES string of the molecule is CCNC(=NCCN(C)CC)NC1CCN(c2cc(Cl)ccc2OC)C1.I. The van der Waals surface area contributed by atoms with Gasteiger partial charge in [0.2, 0.25) is 0 Å². The highest BCUT2D eigenvalue weighted by molar-refractivity contribution is 14.0. The lowest BCUT2D eigenvalue weighted by molar-refractivity contribution is 0.363. The molecule has 1 atom stereocenters. The topological polar surface area (TPSA) is 52.1 Å². The Morgan fingerprint density at radius 1 is 1.41 bits per heavy atom. The summed E-state index contributed by atoms with van der Waals surface area (Å²) in [6.45, 7) is 9.76. The number of halogens is 2. The Bertz CT molecular complexity index is 601. The van der Waals surface area contributed by atoms with E-state index in [1.165, 1.54) is 0 Å². The maximum absolute atomic E-state index is 6.18. The highest BCUT2D eigenvalue weighted by Gasteiger charge is 2.25. The molecule has 0 bridgehead atoms. The number of anilines is 1. The van der Waals surface area contributed by atoms with Gasteiger partial charge in [-0.15, -0.1) is 24.0 Å². The molecule has 0 aromatic heterocycles. The number of likely N-dealkylation sites (N-methyl/N-ethyl adjacent to an activating group) is 1. The molecule has 8 heteroatoms. The van der Waals surface area contributed by atoms with Crippen molar-refractivity contribution in [2.24, 2.45) is 4.99 Å². The molecule has 154 valence electrons. The molecule has 1 saturated heterocycles. The number of guanidine groups is 1. The van der Waals surface area contributed by atoms with Gasteiger partial charge in [0.05, 0.1) is 19.3 Å². The van der Waals surface area contributed by atoms with Crippen LogP contribution in [-0.2, 0) is 0 Å². The first-order valence-electron chi connectivity index (χ1n) is 9.39. The second-order valence-electron chi connectivity index (χ2n) is 6.55. The van der Waals surface area contributed by atoms with Crippen LogP contribution in [0.4, 0.5) is 5.69 Å². The van der Waals surface area contributed by atoms with Crippen LogP contribution in [0.3, 0.4) is 0 Å². The zero-order chi connectivity index (χ0) is 18.9. The number of nitrogens with one attached hydrogen (secondary N) is 2. The van der Waals surface area contributed by atoms with Crippen molar-refractivity contribution < 1.29 is 4.74 Å². The molecular formula is C19H33ClIN5O. The Morgan fingerprint density at radius 2 is 2.19 bits per heavy atom. The predicted molar refractivity (Wildman–Crippen MR) is 126 cm³/mol. The molecule has 0 amide bonds. The summed E-state index contributed by atoms with van der Waals surface area (Å²) in [4.78, 5) is 9.27. The molecule has 0 spiro atoms. The second-order valence-corrected chi connectivity index (χ2v) is 6.99. The van der Waals surface area contributed by atoms with Crippen LogP contribution in [0.2, 0.25) is 5.02 Å². The lowest BCUT2D eigenvalue weighted by atomic mass is 10.2. The molecule has 6 nitrogen and oxygen atoms in total. The fraction of sp³-hybridized carbons (Fsp3) is 0.632. The zero-order valence-electron chi connectivity index (χ0n) is 16.8.